The summed E-state index contributed by atoms with van der Waals surface area (Å²) in [7, 11) is 3.74. The van der Waals surface area contributed by atoms with Crippen LogP contribution >= 0.6 is 0 Å². The molecule has 5 N–H and O–H groups in total. The maximum atomic E-state index is 13.0. The molecule has 1 aromatic heterocycles. The molecule has 8 heteroatoms. The summed E-state index contributed by atoms with van der Waals surface area (Å²) in [5.41, 5.74) is 8.85. The summed E-state index contributed by atoms with van der Waals surface area (Å²) in [6.45, 7) is 2.78. The number of nitrogens with one attached hydrogen (secondary N) is 3. The van der Waals surface area contributed by atoms with Crippen molar-refractivity contribution in [3.8, 4) is 0 Å². The van der Waals surface area contributed by atoms with E-state index < -0.39 is 0 Å². The molecule has 0 atom stereocenters. The Morgan fingerprint density at radius 1 is 1.33 bits per heavy atom. The van der Waals surface area contributed by atoms with Crippen LogP contribution in [-0.2, 0) is 6.54 Å². The smallest absolute Gasteiger partial charge is 0.253 e. The van der Waals surface area contributed by atoms with Crippen LogP contribution in [-0.4, -0.2) is 41.2 Å². The molecule has 1 aliphatic rings. The van der Waals surface area contributed by atoms with Gasteiger partial charge in [0.05, 0.1) is 29.2 Å². The second-order valence-electron chi connectivity index (χ2n) is 7.43. The van der Waals surface area contributed by atoms with Crippen LogP contribution in [0.25, 0.3) is 0 Å². The van der Waals surface area contributed by atoms with Crippen molar-refractivity contribution in [3.63, 3.8) is 0 Å². The number of H-pyrrole nitrogens is 1. The van der Waals surface area contributed by atoms with Gasteiger partial charge in [0.25, 0.3) is 5.91 Å². The second-order valence-corrected chi connectivity index (χ2v) is 7.43. The molecule has 0 spiro atoms. The quantitative estimate of drug-likeness (QED) is 0.580. The van der Waals surface area contributed by atoms with E-state index in [2.05, 4.69) is 32.7 Å². The van der Waals surface area contributed by atoms with E-state index in [9.17, 15) is 4.79 Å². The maximum absolute atomic E-state index is 13.0. The fourth-order valence-electron chi connectivity index (χ4n) is 3.60. The van der Waals surface area contributed by atoms with Crippen LogP contribution in [0.15, 0.2) is 18.5 Å². The summed E-state index contributed by atoms with van der Waals surface area (Å²) in [6.07, 6.45) is 5.91. The van der Waals surface area contributed by atoms with Gasteiger partial charge in [0, 0.05) is 20.1 Å². The van der Waals surface area contributed by atoms with E-state index in [0.29, 0.717) is 17.8 Å². The Hall–Kier alpha value is -2.77. The molecule has 8 nitrogen and oxygen atoms in total. The summed E-state index contributed by atoms with van der Waals surface area (Å²) in [4.78, 5) is 18.0. The van der Waals surface area contributed by atoms with Gasteiger partial charge in [0.15, 0.2) is 0 Å². The molecule has 27 heavy (non-hydrogen) atoms. The molecule has 146 valence electrons. The minimum Gasteiger partial charge on any atom is -0.397 e. The van der Waals surface area contributed by atoms with Crippen LogP contribution < -0.4 is 21.3 Å². The van der Waals surface area contributed by atoms with E-state index in [1.807, 2.05) is 25.1 Å². The lowest BCUT2D eigenvalue weighted by molar-refractivity contribution is 0.0923. The molecule has 0 saturated heterocycles. The van der Waals surface area contributed by atoms with Gasteiger partial charge in [-0.05, 0) is 43.7 Å². The van der Waals surface area contributed by atoms with Gasteiger partial charge in [-0.15, -0.1) is 10.2 Å². The van der Waals surface area contributed by atoms with Crippen molar-refractivity contribution in [2.45, 2.75) is 45.2 Å². The van der Waals surface area contributed by atoms with E-state index >= 15 is 0 Å². The fourth-order valence-corrected chi connectivity index (χ4v) is 3.60. The highest BCUT2D eigenvalue weighted by molar-refractivity contribution is 6.02. The Morgan fingerprint density at radius 2 is 2.07 bits per heavy atom. The van der Waals surface area contributed by atoms with E-state index in [1.54, 1.807) is 12.4 Å². The first-order chi connectivity index (χ1) is 13.0. The number of benzene rings is 1. The zero-order valence-corrected chi connectivity index (χ0v) is 16.2. The first-order valence-electron chi connectivity index (χ1n) is 9.46. The number of hydrogen-bond donors (Lipinski definition) is 4. The summed E-state index contributed by atoms with van der Waals surface area (Å²) in [5, 5.41) is 14.1. The van der Waals surface area contributed by atoms with E-state index in [-0.39, 0.29) is 11.9 Å². The van der Waals surface area contributed by atoms with Crippen molar-refractivity contribution in [2.75, 3.05) is 30.0 Å². The lowest BCUT2D eigenvalue weighted by atomic mass is 9.87. The number of amides is 1. The summed E-state index contributed by atoms with van der Waals surface area (Å²) >= 11 is 0. The molecule has 1 aliphatic carbocycles. The van der Waals surface area contributed by atoms with Crippen LogP contribution in [0.3, 0.4) is 0 Å². The zero-order valence-electron chi connectivity index (χ0n) is 16.2. The van der Waals surface area contributed by atoms with Gasteiger partial charge in [0.2, 0.25) is 0 Å². The van der Waals surface area contributed by atoms with Crippen molar-refractivity contribution in [1.82, 2.24) is 20.5 Å². The van der Waals surface area contributed by atoms with Crippen LogP contribution in [0.5, 0.6) is 0 Å². The van der Waals surface area contributed by atoms with E-state index in [1.165, 1.54) is 0 Å². The number of rotatable bonds is 6. The normalized spacial score (nSPS) is 19.5. The summed E-state index contributed by atoms with van der Waals surface area (Å²) < 4.78 is 0. The number of nitrogens with zero attached hydrogens (tertiary/aromatic N) is 3. The third-order valence-electron chi connectivity index (χ3n) is 5.30. The molecule has 1 fully saturated rings. The van der Waals surface area contributed by atoms with Gasteiger partial charge in [0.1, 0.15) is 12.2 Å². The minimum absolute atomic E-state index is 0.0803. The molecule has 2 aromatic rings. The minimum atomic E-state index is -0.0803. The molecule has 0 aliphatic heterocycles. The lowest BCUT2D eigenvalue weighted by Crippen LogP contribution is -2.38. The van der Waals surface area contributed by atoms with Crippen molar-refractivity contribution in [1.29, 1.82) is 0 Å². The SMILES string of the molecule is CNc1cc(N(C)Cc2nnc[nH]2)c(C(=O)N[C@H]2CC[C@H](C)CC2)cc1N. The standard InChI is InChI=1S/C19H29N7O/c1-12-4-6-13(7-5-12)24-19(27)14-8-15(20)16(21-2)9-17(14)26(3)10-18-22-11-23-25-18/h8-9,11-13,21H,4-7,10,20H2,1-3H3,(H,24,27)(H,22,23,25)/t12-,13-. The third kappa shape index (κ3) is 4.50. The number of nitrogen functional groups attached to an aromatic ring is 1. The molecular formula is C19H29N7O. The average Bonchev–Trinajstić information content (AvgIpc) is 3.16. The summed E-state index contributed by atoms with van der Waals surface area (Å²) in [6, 6.07) is 3.88. The zero-order chi connectivity index (χ0) is 19.4. The van der Waals surface area contributed by atoms with Gasteiger partial charge >= 0.3 is 0 Å². The highest BCUT2D eigenvalue weighted by Gasteiger charge is 2.23. The van der Waals surface area contributed by atoms with Crippen molar-refractivity contribution < 1.29 is 4.79 Å². The highest BCUT2D eigenvalue weighted by Crippen LogP contribution is 2.31. The van der Waals surface area contributed by atoms with E-state index in [4.69, 9.17) is 5.73 Å². The molecule has 1 aromatic carbocycles. The van der Waals surface area contributed by atoms with Gasteiger partial charge in [-0.25, -0.2) is 0 Å². The molecule has 1 heterocycles. The molecular weight excluding hydrogens is 342 g/mol. The monoisotopic (exact) mass is 371 g/mol. The van der Waals surface area contributed by atoms with Gasteiger partial charge in [-0.3, -0.25) is 4.79 Å². The first-order valence-corrected chi connectivity index (χ1v) is 9.46. The molecule has 0 bridgehead atoms. The molecule has 0 unspecified atom stereocenters. The number of aromatic nitrogens is 3. The van der Waals surface area contributed by atoms with Gasteiger partial charge in [-0.1, -0.05) is 6.92 Å². The molecule has 0 radical (unpaired) electrons. The second kappa shape index (κ2) is 8.28. The Kier molecular flexibility index (Phi) is 5.83. The average molecular weight is 371 g/mol. The van der Waals surface area contributed by atoms with Gasteiger partial charge < -0.3 is 26.3 Å². The number of hydrogen-bond acceptors (Lipinski definition) is 6. The van der Waals surface area contributed by atoms with Crippen molar-refractivity contribution in [3.05, 3.63) is 29.8 Å². The van der Waals surface area contributed by atoms with E-state index in [0.717, 1.165) is 48.8 Å². The Bertz CT molecular complexity index is 767. The van der Waals surface area contributed by atoms with Crippen LogP contribution in [0.2, 0.25) is 0 Å². The lowest BCUT2D eigenvalue weighted by Gasteiger charge is -2.28. The highest BCUT2D eigenvalue weighted by atomic mass is 16.1. The predicted octanol–water partition coefficient (Wildman–Crippen LogP) is 2.37. The number of nitrogens with two attached hydrogens (primary N) is 1. The summed E-state index contributed by atoms with van der Waals surface area (Å²) in [5.74, 6) is 1.39. The van der Waals surface area contributed by atoms with Gasteiger partial charge in [-0.2, -0.15) is 0 Å². The van der Waals surface area contributed by atoms with Crippen molar-refractivity contribution >= 4 is 23.0 Å². The Labute approximate surface area is 159 Å². The third-order valence-corrected chi connectivity index (χ3v) is 5.30. The Balaban J connectivity index is 1.83. The van der Waals surface area contributed by atoms with Crippen LogP contribution in [0, 0.1) is 5.92 Å². The van der Waals surface area contributed by atoms with Crippen LogP contribution in [0.1, 0.15) is 48.8 Å². The molecule has 1 amide bonds. The largest absolute Gasteiger partial charge is 0.397 e. The topological polar surface area (TPSA) is 112 Å². The van der Waals surface area contributed by atoms with Crippen LogP contribution in [0.4, 0.5) is 17.1 Å². The predicted molar refractivity (Wildman–Crippen MR) is 108 cm³/mol. The maximum Gasteiger partial charge on any atom is 0.253 e. The molecule has 3 rings (SSSR count). The number of anilines is 3. The van der Waals surface area contributed by atoms with Crippen molar-refractivity contribution in [2.24, 2.45) is 5.92 Å². The fraction of sp³-hybridized carbons (Fsp3) is 0.526. The first kappa shape index (κ1) is 19.0. The number of aromatic amines is 1. The number of carbonyl (C=O) groups excluding carboxylic acids is 1. The number of carbonyl (C=O) groups is 1. The molecule has 1 saturated carbocycles. The Morgan fingerprint density at radius 3 is 2.70 bits per heavy atom.